The lowest BCUT2D eigenvalue weighted by Gasteiger charge is -2.32. The Kier molecular flexibility index (Phi) is 5.71. The van der Waals surface area contributed by atoms with Gasteiger partial charge in [0.1, 0.15) is 0 Å². The van der Waals surface area contributed by atoms with Crippen molar-refractivity contribution in [3.8, 4) is 0 Å². The Morgan fingerprint density at radius 3 is 2.70 bits per heavy atom. The highest BCUT2D eigenvalue weighted by Crippen LogP contribution is 2.28. The van der Waals surface area contributed by atoms with E-state index in [0.29, 0.717) is 12.1 Å². The summed E-state index contributed by atoms with van der Waals surface area (Å²) in [6.07, 6.45) is 4.80. The van der Waals surface area contributed by atoms with Crippen LogP contribution in [0.4, 0.5) is 0 Å². The fourth-order valence-corrected chi connectivity index (χ4v) is 4.49. The van der Waals surface area contributed by atoms with E-state index in [1.165, 1.54) is 16.7 Å². The molecule has 0 bridgehead atoms. The largest absolute Gasteiger partial charge is 0.338 e. The molecule has 30 heavy (non-hydrogen) atoms. The zero-order chi connectivity index (χ0) is 21.3. The van der Waals surface area contributed by atoms with Crippen molar-refractivity contribution in [2.24, 2.45) is 7.05 Å². The molecular weight excluding hydrogens is 372 g/mol. The van der Waals surface area contributed by atoms with Crippen LogP contribution in [-0.4, -0.2) is 38.7 Å². The third-order valence-electron chi connectivity index (χ3n) is 6.06. The summed E-state index contributed by atoms with van der Waals surface area (Å²) < 4.78 is 1.71. The van der Waals surface area contributed by atoms with Crippen molar-refractivity contribution in [3.63, 3.8) is 0 Å². The summed E-state index contributed by atoms with van der Waals surface area (Å²) in [6.45, 7) is 7.64. The molecule has 5 nitrogen and oxygen atoms in total. The number of pyridine rings is 1. The fraction of sp³-hybridized carbons (Fsp3) is 0.400. The third-order valence-corrected chi connectivity index (χ3v) is 6.06. The minimum atomic E-state index is 0.0816. The van der Waals surface area contributed by atoms with Gasteiger partial charge in [0.15, 0.2) is 0 Å². The van der Waals surface area contributed by atoms with E-state index >= 15 is 0 Å². The standard InChI is InChI=1S/C25H30N4O/c1-17-8-5-6-9-21(17)13-20-12-18(2)26-24(14-20)22-10-7-11-29(15-22)25(30)23-16-28(4)27-19(23)3/h5-6,8-9,12,14,16,22H,7,10-11,13,15H2,1-4H3/t22-/m1/s1. The molecule has 0 unspecified atom stereocenters. The van der Waals surface area contributed by atoms with Gasteiger partial charge in [-0.3, -0.25) is 14.5 Å². The normalized spacial score (nSPS) is 16.7. The lowest BCUT2D eigenvalue weighted by atomic mass is 9.91. The Morgan fingerprint density at radius 1 is 1.17 bits per heavy atom. The molecule has 1 amide bonds. The van der Waals surface area contributed by atoms with Crippen LogP contribution in [0, 0.1) is 20.8 Å². The van der Waals surface area contributed by atoms with Crippen LogP contribution in [0.15, 0.2) is 42.6 Å². The van der Waals surface area contributed by atoms with Gasteiger partial charge in [-0.15, -0.1) is 0 Å². The van der Waals surface area contributed by atoms with Gasteiger partial charge in [-0.2, -0.15) is 5.10 Å². The number of piperidine rings is 1. The van der Waals surface area contributed by atoms with Crippen LogP contribution in [0.3, 0.4) is 0 Å². The molecule has 0 radical (unpaired) electrons. The molecule has 1 aromatic carbocycles. The molecule has 0 N–H and O–H groups in total. The Hall–Kier alpha value is -2.95. The average Bonchev–Trinajstić information content (AvgIpc) is 3.07. The number of nitrogens with zero attached hydrogens (tertiary/aromatic N) is 4. The first kappa shape index (κ1) is 20.3. The Bertz CT molecular complexity index is 1070. The van der Waals surface area contributed by atoms with Crippen molar-refractivity contribution in [3.05, 3.63) is 81.9 Å². The van der Waals surface area contributed by atoms with Gasteiger partial charge < -0.3 is 4.90 Å². The van der Waals surface area contributed by atoms with Crippen LogP contribution < -0.4 is 0 Å². The third kappa shape index (κ3) is 4.30. The number of carbonyl (C=O) groups excluding carboxylic acids is 1. The lowest BCUT2D eigenvalue weighted by molar-refractivity contribution is 0.0705. The number of aromatic nitrogens is 3. The summed E-state index contributed by atoms with van der Waals surface area (Å²) in [5, 5.41) is 4.33. The van der Waals surface area contributed by atoms with Crippen molar-refractivity contribution in [2.45, 2.75) is 46.0 Å². The van der Waals surface area contributed by atoms with E-state index < -0.39 is 0 Å². The monoisotopic (exact) mass is 402 g/mol. The molecule has 5 heteroatoms. The zero-order valence-corrected chi connectivity index (χ0v) is 18.4. The SMILES string of the molecule is Cc1cc(Cc2ccccc2C)cc([C@@H]2CCCN(C(=O)c3cn(C)nc3C)C2)n1. The Balaban J connectivity index is 1.55. The first-order valence-corrected chi connectivity index (χ1v) is 10.7. The summed E-state index contributed by atoms with van der Waals surface area (Å²) in [4.78, 5) is 19.9. The number of rotatable bonds is 4. The van der Waals surface area contributed by atoms with Gasteiger partial charge in [0.05, 0.1) is 11.3 Å². The smallest absolute Gasteiger partial charge is 0.257 e. The van der Waals surface area contributed by atoms with Gasteiger partial charge in [-0.1, -0.05) is 24.3 Å². The van der Waals surface area contributed by atoms with Gasteiger partial charge in [0.25, 0.3) is 5.91 Å². The fourth-order valence-electron chi connectivity index (χ4n) is 4.49. The number of carbonyl (C=O) groups is 1. The predicted molar refractivity (Wildman–Crippen MR) is 119 cm³/mol. The molecule has 4 rings (SSSR count). The second-order valence-corrected chi connectivity index (χ2v) is 8.54. The molecule has 1 saturated heterocycles. The average molecular weight is 403 g/mol. The van der Waals surface area contributed by atoms with Crippen molar-refractivity contribution >= 4 is 5.91 Å². The molecule has 0 saturated carbocycles. The van der Waals surface area contributed by atoms with Gasteiger partial charge in [0.2, 0.25) is 0 Å². The molecule has 1 atom stereocenters. The van der Waals surface area contributed by atoms with Gasteiger partial charge >= 0.3 is 0 Å². The first-order valence-electron chi connectivity index (χ1n) is 10.7. The molecule has 0 spiro atoms. The van der Waals surface area contributed by atoms with Crippen LogP contribution >= 0.6 is 0 Å². The highest BCUT2D eigenvalue weighted by molar-refractivity contribution is 5.95. The first-order chi connectivity index (χ1) is 14.4. The lowest BCUT2D eigenvalue weighted by Crippen LogP contribution is -2.39. The predicted octanol–water partition coefficient (Wildman–Crippen LogP) is 4.35. The van der Waals surface area contributed by atoms with E-state index in [4.69, 9.17) is 4.98 Å². The van der Waals surface area contributed by atoms with Crippen molar-refractivity contribution in [1.29, 1.82) is 0 Å². The zero-order valence-electron chi connectivity index (χ0n) is 18.4. The molecule has 3 heterocycles. The molecule has 156 valence electrons. The maximum Gasteiger partial charge on any atom is 0.257 e. The number of aryl methyl sites for hydroxylation is 4. The van der Waals surface area contributed by atoms with Crippen LogP contribution in [0.25, 0.3) is 0 Å². The summed E-state index contributed by atoms with van der Waals surface area (Å²) >= 11 is 0. The molecule has 0 aliphatic carbocycles. The van der Waals surface area contributed by atoms with Gasteiger partial charge in [-0.05, 0) is 68.9 Å². The Morgan fingerprint density at radius 2 is 1.97 bits per heavy atom. The maximum absolute atomic E-state index is 13.1. The quantitative estimate of drug-likeness (QED) is 0.652. The highest BCUT2D eigenvalue weighted by atomic mass is 16.2. The summed E-state index contributed by atoms with van der Waals surface area (Å²) in [6, 6.07) is 13.0. The van der Waals surface area contributed by atoms with Crippen LogP contribution in [0.2, 0.25) is 0 Å². The molecular formula is C25H30N4O. The van der Waals surface area contributed by atoms with E-state index in [2.05, 4.69) is 55.3 Å². The van der Waals surface area contributed by atoms with Crippen molar-refractivity contribution in [1.82, 2.24) is 19.7 Å². The number of hydrogen-bond acceptors (Lipinski definition) is 3. The second kappa shape index (κ2) is 8.42. The molecule has 3 aromatic rings. The minimum Gasteiger partial charge on any atom is -0.338 e. The van der Waals surface area contributed by atoms with Crippen molar-refractivity contribution < 1.29 is 4.79 Å². The summed E-state index contributed by atoms with van der Waals surface area (Å²) in [5.41, 5.74) is 7.60. The highest BCUT2D eigenvalue weighted by Gasteiger charge is 2.28. The van der Waals surface area contributed by atoms with Gasteiger partial charge in [0, 0.05) is 43.6 Å². The second-order valence-electron chi connectivity index (χ2n) is 8.54. The van der Waals surface area contributed by atoms with Crippen LogP contribution in [0.1, 0.15) is 62.9 Å². The minimum absolute atomic E-state index is 0.0816. The number of benzene rings is 1. The number of likely N-dealkylation sites (tertiary alicyclic amines) is 1. The van der Waals surface area contributed by atoms with E-state index in [1.807, 2.05) is 25.1 Å². The summed E-state index contributed by atoms with van der Waals surface area (Å²) in [5.74, 6) is 0.355. The van der Waals surface area contributed by atoms with E-state index in [-0.39, 0.29) is 11.8 Å². The molecule has 1 aliphatic heterocycles. The van der Waals surface area contributed by atoms with E-state index in [1.54, 1.807) is 4.68 Å². The van der Waals surface area contributed by atoms with Gasteiger partial charge in [-0.25, -0.2) is 0 Å². The molecule has 2 aromatic heterocycles. The number of hydrogen-bond donors (Lipinski definition) is 0. The molecule has 1 fully saturated rings. The van der Waals surface area contributed by atoms with Crippen LogP contribution in [0.5, 0.6) is 0 Å². The van der Waals surface area contributed by atoms with E-state index in [9.17, 15) is 4.79 Å². The number of amides is 1. The topological polar surface area (TPSA) is 51.0 Å². The summed E-state index contributed by atoms with van der Waals surface area (Å²) in [7, 11) is 1.86. The maximum atomic E-state index is 13.1. The van der Waals surface area contributed by atoms with E-state index in [0.717, 1.165) is 42.9 Å². The molecule has 1 aliphatic rings. The Labute approximate surface area is 178 Å². The van der Waals surface area contributed by atoms with Crippen molar-refractivity contribution in [2.75, 3.05) is 13.1 Å². The van der Waals surface area contributed by atoms with Crippen LogP contribution in [-0.2, 0) is 13.5 Å².